The van der Waals surface area contributed by atoms with Gasteiger partial charge in [0.25, 0.3) is 20.1 Å². The molecule has 0 aliphatic carbocycles. The molecular weight excluding hydrogens is 610 g/mol. The molecule has 0 unspecified atom stereocenters. The van der Waals surface area contributed by atoms with Gasteiger partial charge in [-0.15, -0.1) is 0 Å². The number of sulfonamides is 1. The molecule has 1 atom stereocenters. The maximum atomic E-state index is 14.5. The van der Waals surface area contributed by atoms with Crippen LogP contribution in [0.15, 0.2) is 65.6 Å². The van der Waals surface area contributed by atoms with E-state index in [2.05, 4.69) is 0 Å². The molecule has 0 radical (unpaired) electrons. The Kier molecular flexibility index (Phi) is 8.74. The summed E-state index contributed by atoms with van der Waals surface area (Å²) in [5, 5.41) is 0.174. The lowest BCUT2D eigenvalue weighted by Crippen LogP contribution is -2.44. The van der Waals surface area contributed by atoms with Gasteiger partial charge in [-0.05, 0) is 60.5 Å². The average molecular weight is 634 g/mol. The quantitative estimate of drug-likeness (QED) is 0.162. The molecule has 0 spiro atoms. The van der Waals surface area contributed by atoms with Crippen LogP contribution in [0.1, 0.15) is 30.0 Å². The van der Waals surface area contributed by atoms with Crippen molar-refractivity contribution in [2.24, 2.45) is 0 Å². The van der Waals surface area contributed by atoms with E-state index >= 15 is 0 Å². The molecule has 220 valence electrons. The van der Waals surface area contributed by atoms with E-state index < -0.39 is 48.7 Å². The molecule has 3 aromatic carbocycles. The summed E-state index contributed by atoms with van der Waals surface area (Å²) in [7, 11) is -8.33. The van der Waals surface area contributed by atoms with Crippen LogP contribution in [0.4, 0.5) is 23.2 Å². The van der Waals surface area contributed by atoms with Gasteiger partial charge in [0.15, 0.2) is 0 Å². The first-order valence-corrected chi connectivity index (χ1v) is 15.7. The number of alkyl halides is 3. The van der Waals surface area contributed by atoms with Crippen molar-refractivity contribution in [3.63, 3.8) is 0 Å². The zero-order valence-corrected chi connectivity index (χ0v) is 24.0. The van der Waals surface area contributed by atoms with Crippen molar-refractivity contribution in [3.8, 4) is 5.75 Å². The van der Waals surface area contributed by atoms with Crippen molar-refractivity contribution in [3.05, 3.63) is 88.2 Å². The fourth-order valence-corrected chi connectivity index (χ4v) is 6.54. The summed E-state index contributed by atoms with van der Waals surface area (Å²) in [6.07, 6.45) is -3.26. The highest BCUT2D eigenvalue weighted by Gasteiger charge is 2.37. The molecule has 1 aliphatic heterocycles. The van der Waals surface area contributed by atoms with Gasteiger partial charge in [0.2, 0.25) is 0 Å². The number of ether oxygens (including phenoxy) is 1. The smallest absolute Gasteiger partial charge is 0.416 e. The zero-order valence-electron chi connectivity index (χ0n) is 21.7. The minimum atomic E-state index is -4.77. The van der Waals surface area contributed by atoms with Gasteiger partial charge in [-0.3, -0.25) is 8.49 Å². The summed E-state index contributed by atoms with van der Waals surface area (Å²) >= 11 is 6.17. The van der Waals surface area contributed by atoms with Gasteiger partial charge in [0.1, 0.15) is 17.7 Å². The van der Waals surface area contributed by atoms with Crippen molar-refractivity contribution in [2.45, 2.75) is 30.5 Å². The molecule has 0 fully saturated rings. The van der Waals surface area contributed by atoms with Crippen molar-refractivity contribution in [2.75, 3.05) is 23.7 Å². The van der Waals surface area contributed by atoms with Gasteiger partial charge in [-0.1, -0.05) is 35.9 Å². The van der Waals surface area contributed by atoms with Crippen LogP contribution in [-0.4, -0.2) is 42.3 Å². The highest BCUT2D eigenvalue weighted by Crippen LogP contribution is 2.40. The molecule has 1 aliphatic rings. The topological polar surface area (TPSA) is 90.0 Å². The van der Waals surface area contributed by atoms with E-state index in [9.17, 15) is 34.4 Å². The molecule has 0 saturated heterocycles. The number of nitrogens with zero attached hydrogens (tertiary/aromatic N) is 1. The summed E-state index contributed by atoms with van der Waals surface area (Å²) in [6.45, 7) is 0.971. The molecule has 0 N–H and O–H groups in total. The van der Waals surface area contributed by atoms with Gasteiger partial charge < -0.3 is 4.74 Å². The van der Waals surface area contributed by atoms with Gasteiger partial charge in [-0.25, -0.2) is 12.8 Å². The highest BCUT2D eigenvalue weighted by atomic mass is 35.5. The average Bonchev–Trinajstić information content (AvgIpc) is 2.87. The Bertz CT molecular complexity index is 1690. The summed E-state index contributed by atoms with van der Waals surface area (Å²) in [4.78, 5) is -0.596. The molecule has 7 nitrogen and oxygen atoms in total. The fourth-order valence-electron chi connectivity index (χ4n) is 4.28. The lowest BCUT2D eigenvalue weighted by atomic mass is 10.0. The Morgan fingerprint density at radius 3 is 2.46 bits per heavy atom. The maximum Gasteiger partial charge on any atom is 0.416 e. The predicted molar refractivity (Wildman–Crippen MR) is 147 cm³/mol. The molecule has 1 heterocycles. The lowest BCUT2D eigenvalue weighted by molar-refractivity contribution is -0.137. The second-order valence-corrected chi connectivity index (χ2v) is 13.2. The van der Waals surface area contributed by atoms with E-state index in [1.807, 2.05) is 0 Å². The van der Waals surface area contributed by atoms with Crippen LogP contribution in [0.2, 0.25) is 5.02 Å². The largest absolute Gasteiger partial charge is 0.486 e. The molecule has 3 aromatic rings. The third-order valence-corrected chi connectivity index (χ3v) is 8.83. The Balaban J connectivity index is 1.78. The first-order chi connectivity index (χ1) is 19.1. The van der Waals surface area contributed by atoms with Crippen LogP contribution in [-0.2, 0) is 30.5 Å². The van der Waals surface area contributed by atoms with Gasteiger partial charge in [0, 0.05) is 12.0 Å². The second-order valence-electron chi connectivity index (χ2n) is 9.27. The van der Waals surface area contributed by atoms with E-state index in [1.165, 1.54) is 30.3 Å². The molecule has 4 rings (SSSR count). The Morgan fingerprint density at radius 2 is 1.80 bits per heavy atom. The first-order valence-electron chi connectivity index (χ1n) is 12.0. The molecule has 0 bridgehead atoms. The Labute approximate surface area is 240 Å². The van der Waals surface area contributed by atoms with Crippen molar-refractivity contribution in [1.29, 1.82) is 0 Å². The van der Waals surface area contributed by atoms with Crippen molar-refractivity contribution >= 4 is 49.1 Å². The van der Waals surface area contributed by atoms with E-state index in [1.54, 1.807) is 19.1 Å². The summed E-state index contributed by atoms with van der Waals surface area (Å²) in [6, 6.07) is 12.1. The number of benzene rings is 3. The van der Waals surface area contributed by atoms with Crippen LogP contribution in [0.25, 0.3) is 11.6 Å². The summed E-state index contributed by atoms with van der Waals surface area (Å²) in [5.41, 5.74) is -0.0780. The van der Waals surface area contributed by atoms with Crippen LogP contribution in [0, 0.1) is 5.82 Å². The molecule has 0 saturated carbocycles. The van der Waals surface area contributed by atoms with Crippen LogP contribution in [0.3, 0.4) is 0 Å². The predicted octanol–water partition coefficient (Wildman–Crippen LogP) is 6.38. The van der Waals surface area contributed by atoms with E-state index in [0.717, 1.165) is 28.8 Å². The standard InChI is InChI=1S/C27H24ClF4NO6S2/c1-17(26-22(28)7-4-8-23(26)29)13-18-9-10-25-24(14-18)33(16-20(39-25)11-12-38-40(2,34)35)41(36,37)21-6-3-5-19(15-21)27(30,31)32/h3-10,13-15,20H,11-12,16H2,1-2H3/t20-/m0/s1. The Hall–Kier alpha value is -3.13. The zero-order chi connectivity index (χ0) is 30.2. The third kappa shape index (κ3) is 7.21. The highest BCUT2D eigenvalue weighted by molar-refractivity contribution is 7.92. The number of halogens is 5. The molecular formula is C27H24ClF4NO6S2. The van der Waals surface area contributed by atoms with E-state index in [0.29, 0.717) is 17.2 Å². The van der Waals surface area contributed by atoms with E-state index in [4.69, 9.17) is 20.5 Å². The van der Waals surface area contributed by atoms with Crippen molar-refractivity contribution < 1.29 is 43.3 Å². The summed E-state index contributed by atoms with van der Waals surface area (Å²) < 4.78 is 116. The van der Waals surface area contributed by atoms with Crippen LogP contribution >= 0.6 is 11.6 Å². The Morgan fingerprint density at radius 1 is 1.10 bits per heavy atom. The van der Waals surface area contributed by atoms with Gasteiger partial charge in [0.05, 0.1) is 40.6 Å². The third-order valence-electron chi connectivity index (χ3n) is 6.14. The molecule has 14 heteroatoms. The van der Waals surface area contributed by atoms with Crippen LogP contribution < -0.4 is 9.04 Å². The lowest BCUT2D eigenvalue weighted by Gasteiger charge is -2.35. The maximum absolute atomic E-state index is 14.5. The SMILES string of the molecule is CC(=Cc1ccc2c(c1)N(S(=O)(=O)c1cccc(C(F)(F)F)c1)C[C@H](CCOS(C)(=O)=O)O2)c1c(F)cccc1Cl. The summed E-state index contributed by atoms with van der Waals surface area (Å²) in [5.74, 6) is -0.463. The minimum absolute atomic E-state index is 0.0314. The van der Waals surface area contributed by atoms with Gasteiger partial charge in [-0.2, -0.15) is 21.6 Å². The number of rotatable bonds is 8. The number of fused-ring (bicyclic) bond motifs is 1. The molecule has 0 aromatic heterocycles. The number of hydrogen-bond donors (Lipinski definition) is 0. The number of hydrogen-bond acceptors (Lipinski definition) is 6. The van der Waals surface area contributed by atoms with E-state index in [-0.39, 0.29) is 41.6 Å². The van der Waals surface area contributed by atoms with Gasteiger partial charge >= 0.3 is 6.18 Å². The van der Waals surface area contributed by atoms with Crippen molar-refractivity contribution in [1.82, 2.24) is 0 Å². The minimum Gasteiger partial charge on any atom is -0.486 e. The monoisotopic (exact) mass is 633 g/mol. The molecule has 0 amide bonds. The second kappa shape index (κ2) is 11.6. The normalized spacial score (nSPS) is 16.3. The fraction of sp³-hybridized carbons (Fsp3) is 0.259. The van der Waals surface area contributed by atoms with Crippen LogP contribution in [0.5, 0.6) is 5.75 Å². The first kappa shape index (κ1) is 30.8. The number of allylic oxidation sites excluding steroid dienone is 1. The molecule has 41 heavy (non-hydrogen) atoms. The number of anilines is 1.